The quantitative estimate of drug-likeness (QED) is 0.579. The van der Waals surface area contributed by atoms with Crippen molar-refractivity contribution in [2.75, 3.05) is 0 Å². The lowest BCUT2D eigenvalue weighted by Gasteiger charge is -1.95. The molecule has 0 aliphatic heterocycles. The molecule has 3 heterocycles. The zero-order valence-corrected chi connectivity index (χ0v) is 7.21. The van der Waals surface area contributed by atoms with Crippen molar-refractivity contribution in [3.63, 3.8) is 0 Å². The Morgan fingerprint density at radius 2 is 2.29 bits per heavy atom. The molecule has 0 spiro atoms. The fraction of sp³-hybridized carbons (Fsp3) is 0. The smallest absolute Gasteiger partial charge is 0.145 e. The summed E-state index contributed by atoms with van der Waals surface area (Å²) in [6.07, 6.45) is 7.07. The van der Waals surface area contributed by atoms with Gasteiger partial charge in [0.1, 0.15) is 17.6 Å². The normalized spacial score (nSPS) is 10.9. The van der Waals surface area contributed by atoms with Gasteiger partial charge in [-0.2, -0.15) is 0 Å². The summed E-state index contributed by atoms with van der Waals surface area (Å²) in [5.74, 6) is 0. The average Bonchev–Trinajstić information content (AvgIpc) is 2.88. The first-order valence-electron chi connectivity index (χ1n) is 4.19. The van der Waals surface area contributed by atoms with Gasteiger partial charge < -0.3 is 8.92 Å². The highest BCUT2D eigenvalue weighted by molar-refractivity contribution is 5.62. The van der Waals surface area contributed by atoms with E-state index in [1.807, 2.05) is 22.9 Å². The Labute approximate surface area is 79.8 Å². The van der Waals surface area contributed by atoms with Crippen LogP contribution in [0.1, 0.15) is 0 Å². The van der Waals surface area contributed by atoms with Crippen LogP contribution >= 0.6 is 0 Å². The number of fused-ring (bicyclic) bond motifs is 1. The second kappa shape index (κ2) is 2.70. The molecule has 0 aliphatic rings. The maximum absolute atomic E-state index is 4.77. The van der Waals surface area contributed by atoms with Gasteiger partial charge in [-0.3, -0.25) is 0 Å². The van der Waals surface area contributed by atoms with Crippen molar-refractivity contribution in [2.45, 2.75) is 0 Å². The molecule has 3 aromatic heterocycles. The predicted octanol–water partition coefficient (Wildman–Crippen LogP) is 1.79. The molecule has 3 rings (SSSR count). The van der Waals surface area contributed by atoms with E-state index in [1.165, 1.54) is 0 Å². The summed E-state index contributed by atoms with van der Waals surface area (Å²) < 4.78 is 6.66. The summed E-state index contributed by atoms with van der Waals surface area (Å²) >= 11 is 0. The predicted molar refractivity (Wildman–Crippen MR) is 49.5 cm³/mol. The number of aromatic nitrogens is 3. The number of hydrogen-bond donors (Lipinski definition) is 0. The highest BCUT2D eigenvalue weighted by Crippen LogP contribution is 2.17. The SMILES string of the molecule is [c]1c(-c2ccon2)ccn2ccnc12. The van der Waals surface area contributed by atoms with Crippen LogP contribution in [-0.4, -0.2) is 14.5 Å². The number of hydrogen-bond acceptors (Lipinski definition) is 3. The van der Waals surface area contributed by atoms with E-state index in [4.69, 9.17) is 4.52 Å². The van der Waals surface area contributed by atoms with Crippen LogP contribution < -0.4 is 0 Å². The standard InChI is InChI=1S/C10H6N3O/c1-4-13-5-3-11-10(13)7-8(1)9-2-6-14-12-9/h1-6H. The van der Waals surface area contributed by atoms with Gasteiger partial charge in [-0.15, -0.1) is 0 Å². The fourth-order valence-electron chi connectivity index (χ4n) is 1.35. The van der Waals surface area contributed by atoms with Crippen molar-refractivity contribution in [3.05, 3.63) is 43.1 Å². The van der Waals surface area contributed by atoms with E-state index in [9.17, 15) is 0 Å². The Balaban J connectivity index is 2.23. The third-order valence-electron chi connectivity index (χ3n) is 2.03. The Morgan fingerprint density at radius 1 is 1.29 bits per heavy atom. The molecule has 0 atom stereocenters. The molecular formula is C10H6N3O. The zero-order chi connectivity index (χ0) is 9.38. The van der Waals surface area contributed by atoms with Crippen molar-refractivity contribution < 1.29 is 4.52 Å². The Kier molecular flexibility index (Phi) is 1.41. The summed E-state index contributed by atoms with van der Waals surface area (Å²) in [5.41, 5.74) is 2.44. The van der Waals surface area contributed by atoms with Crippen LogP contribution in [0.2, 0.25) is 0 Å². The molecule has 4 heteroatoms. The van der Waals surface area contributed by atoms with Gasteiger partial charge in [-0.1, -0.05) is 5.16 Å². The fourth-order valence-corrected chi connectivity index (χ4v) is 1.35. The van der Waals surface area contributed by atoms with Crippen LogP contribution in [0, 0.1) is 6.07 Å². The molecule has 0 aliphatic carbocycles. The van der Waals surface area contributed by atoms with E-state index in [-0.39, 0.29) is 0 Å². The third-order valence-corrected chi connectivity index (χ3v) is 2.03. The summed E-state index contributed by atoms with van der Waals surface area (Å²) in [7, 11) is 0. The Hall–Kier alpha value is -2.10. The van der Waals surface area contributed by atoms with E-state index in [1.54, 1.807) is 18.5 Å². The van der Waals surface area contributed by atoms with Gasteiger partial charge in [0.2, 0.25) is 0 Å². The van der Waals surface area contributed by atoms with Crippen LogP contribution in [0.5, 0.6) is 0 Å². The molecule has 0 N–H and O–H groups in total. The van der Waals surface area contributed by atoms with Crippen molar-refractivity contribution in [1.29, 1.82) is 0 Å². The number of pyridine rings is 1. The summed E-state index contributed by atoms with van der Waals surface area (Å²) in [6.45, 7) is 0. The molecule has 14 heavy (non-hydrogen) atoms. The first-order chi connectivity index (χ1) is 6.93. The van der Waals surface area contributed by atoms with Gasteiger partial charge in [-0.25, -0.2) is 4.98 Å². The van der Waals surface area contributed by atoms with Crippen molar-refractivity contribution in [3.8, 4) is 11.3 Å². The first kappa shape index (κ1) is 7.32. The summed E-state index contributed by atoms with van der Waals surface area (Å²) in [6, 6.07) is 6.86. The lowest BCUT2D eigenvalue weighted by atomic mass is 10.2. The van der Waals surface area contributed by atoms with E-state index in [0.717, 1.165) is 16.9 Å². The van der Waals surface area contributed by atoms with Gasteiger partial charge >= 0.3 is 0 Å². The zero-order valence-electron chi connectivity index (χ0n) is 7.21. The highest BCUT2D eigenvalue weighted by atomic mass is 16.5. The van der Waals surface area contributed by atoms with Gasteiger partial charge in [-0.05, 0) is 6.07 Å². The topological polar surface area (TPSA) is 43.3 Å². The van der Waals surface area contributed by atoms with Crippen molar-refractivity contribution in [1.82, 2.24) is 14.5 Å². The third kappa shape index (κ3) is 1.01. The minimum atomic E-state index is 0.774. The minimum Gasteiger partial charge on any atom is -0.364 e. The number of rotatable bonds is 1. The maximum atomic E-state index is 4.77. The molecule has 4 nitrogen and oxygen atoms in total. The van der Waals surface area contributed by atoms with Gasteiger partial charge in [0.25, 0.3) is 0 Å². The molecule has 67 valence electrons. The monoisotopic (exact) mass is 184 g/mol. The number of imidazole rings is 1. The molecular weight excluding hydrogens is 178 g/mol. The minimum absolute atomic E-state index is 0.774. The van der Waals surface area contributed by atoms with E-state index in [2.05, 4.69) is 16.2 Å². The summed E-state index contributed by atoms with van der Waals surface area (Å²) in [4.78, 5) is 4.14. The maximum Gasteiger partial charge on any atom is 0.145 e. The average molecular weight is 184 g/mol. The van der Waals surface area contributed by atoms with Crippen molar-refractivity contribution >= 4 is 5.65 Å². The second-order valence-electron chi connectivity index (χ2n) is 2.90. The largest absolute Gasteiger partial charge is 0.364 e. The van der Waals surface area contributed by atoms with E-state index < -0.39 is 0 Å². The molecule has 0 unspecified atom stereocenters. The molecule has 0 aromatic carbocycles. The molecule has 0 bridgehead atoms. The molecule has 3 aromatic rings. The second-order valence-corrected chi connectivity index (χ2v) is 2.90. The Morgan fingerprint density at radius 3 is 3.14 bits per heavy atom. The highest BCUT2D eigenvalue weighted by Gasteiger charge is 2.02. The van der Waals surface area contributed by atoms with Crippen LogP contribution in [0.4, 0.5) is 0 Å². The molecule has 0 saturated carbocycles. The van der Waals surface area contributed by atoms with Crippen LogP contribution in [0.25, 0.3) is 16.9 Å². The molecule has 0 amide bonds. The first-order valence-corrected chi connectivity index (χ1v) is 4.19. The van der Waals surface area contributed by atoms with Gasteiger partial charge in [0.15, 0.2) is 0 Å². The van der Waals surface area contributed by atoms with E-state index >= 15 is 0 Å². The molecule has 1 radical (unpaired) electrons. The summed E-state index contributed by atoms with van der Waals surface area (Å²) in [5, 5.41) is 3.83. The lowest BCUT2D eigenvalue weighted by Crippen LogP contribution is -1.84. The van der Waals surface area contributed by atoms with Crippen LogP contribution in [0.3, 0.4) is 0 Å². The van der Waals surface area contributed by atoms with Crippen LogP contribution in [-0.2, 0) is 0 Å². The lowest BCUT2D eigenvalue weighted by molar-refractivity contribution is 0.422. The van der Waals surface area contributed by atoms with Crippen LogP contribution in [0.15, 0.2) is 41.5 Å². The Bertz CT molecular complexity index is 554. The van der Waals surface area contributed by atoms with Gasteiger partial charge in [0.05, 0.1) is 0 Å². The van der Waals surface area contributed by atoms with E-state index in [0.29, 0.717) is 0 Å². The number of nitrogens with zero attached hydrogens (tertiary/aromatic N) is 3. The molecule has 0 fully saturated rings. The molecule has 0 saturated heterocycles. The van der Waals surface area contributed by atoms with Gasteiger partial charge in [0, 0.05) is 36.3 Å². The van der Waals surface area contributed by atoms with Crippen molar-refractivity contribution in [2.24, 2.45) is 0 Å².